The highest BCUT2D eigenvalue weighted by molar-refractivity contribution is 7.99. The maximum Gasteiger partial charge on any atom is 0.255 e. The van der Waals surface area contributed by atoms with Gasteiger partial charge in [-0.1, -0.05) is 48.5 Å². The Bertz CT molecular complexity index is 1720. The van der Waals surface area contributed by atoms with Crippen LogP contribution in [0.5, 0.6) is 17.2 Å². The molecule has 0 fully saturated rings. The number of benzene rings is 4. The molecule has 3 amide bonds. The molecule has 45 heavy (non-hydrogen) atoms. The van der Waals surface area contributed by atoms with E-state index in [2.05, 4.69) is 16.0 Å². The molecule has 0 bridgehead atoms. The van der Waals surface area contributed by atoms with Crippen molar-refractivity contribution in [3.63, 3.8) is 0 Å². The van der Waals surface area contributed by atoms with Gasteiger partial charge in [-0.15, -0.1) is 11.8 Å². The normalized spacial score (nSPS) is 15.1. The Kier molecular flexibility index (Phi) is 9.80. The number of likely N-dealkylation sites (N-methyl/N-ethyl adjacent to an activating group) is 1. The van der Waals surface area contributed by atoms with Crippen LogP contribution in [0.2, 0.25) is 0 Å². The molecule has 2 unspecified atom stereocenters. The zero-order valence-electron chi connectivity index (χ0n) is 25.8. The van der Waals surface area contributed by atoms with Crippen molar-refractivity contribution in [2.24, 2.45) is 0 Å². The summed E-state index contributed by atoms with van der Waals surface area (Å²) in [6.07, 6.45) is 0. The van der Waals surface area contributed by atoms with Gasteiger partial charge in [0.15, 0.2) is 11.5 Å². The molecular formula is C34H36N4O6S. The first-order valence-electron chi connectivity index (χ1n) is 14.4. The average molecular weight is 629 g/mol. The number of anilines is 2. The van der Waals surface area contributed by atoms with Crippen LogP contribution < -0.4 is 35.1 Å². The van der Waals surface area contributed by atoms with Crippen molar-refractivity contribution in [2.75, 3.05) is 44.3 Å². The van der Waals surface area contributed by atoms with E-state index in [4.69, 9.17) is 14.2 Å². The van der Waals surface area contributed by atoms with Gasteiger partial charge in [-0.25, -0.2) is 0 Å². The Morgan fingerprint density at radius 3 is 2.33 bits per heavy atom. The van der Waals surface area contributed by atoms with Crippen LogP contribution >= 0.6 is 11.8 Å². The van der Waals surface area contributed by atoms with Crippen molar-refractivity contribution in [2.45, 2.75) is 30.4 Å². The SMILES string of the molecule is CNC(C)C(=O)NC1CSc2c(NC(=O)c3cc(OC)c(OC)c(OC)c3)cccc2N(Cc2cccc3ccccc23)C1=O. The van der Waals surface area contributed by atoms with Crippen LogP contribution in [0.4, 0.5) is 11.4 Å². The Morgan fingerprint density at radius 2 is 1.64 bits per heavy atom. The fraction of sp³-hybridized carbons (Fsp3) is 0.265. The number of thioether (sulfide) groups is 1. The number of fused-ring (bicyclic) bond motifs is 2. The van der Waals surface area contributed by atoms with Gasteiger partial charge in [-0.2, -0.15) is 0 Å². The fourth-order valence-corrected chi connectivity index (χ4v) is 6.39. The highest BCUT2D eigenvalue weighted by Gasteiger charge is 2.34. The van der Waals surface area contributed by atoms with Gasteiger partial charge in [0.25, 0.3) is 11.8 Å². The van der Waals surface area contributed by atoms with Gasteiger partial charge in [0.2, 0.25) is 11.7 Å². The lowest BCUT2D eigenvalue weighted by atomic mass is 10.0. The summed E-state index contributed by atoms with van der Waals surface area (Å²) in [6.45, 7) is 2.01. The topological polar surface area (TPSA) is 118 Å². The van der Waals surface area contributed by atoms with Crippen LogP contribution in [0.1, 0.15) is 22.8 Å². The van der Waals surface area contributed by atoms with Gasteiger partial charge in [0.1, 0.15) is 6.04 Å². The lowest BCUT2D eigenvalue weighted by Gasteiger charge is -2.27. The Balaban J connectivity index is 1.54. The zero-order chi connectivity index (χ0) is 32.1. The summed E-state index contributed by atoms with van der Waals surface area (Å²) in [5.41, 5.74) is 2.43. The monoisotopic (exact) mass is 628 g/mol. The Hall–Kier alpha value is -4.74. The second kappa shape index (κ2) is 13.9. The predicted molar refractivity (Wildman–Crippen MR) is 177 cm³/mol. The Labute approximate surface area is 266 Å². The molecule has 0 spiro atoms. The first-order chi connectivity index (χ1) is 21.8. The minimum atomic E-state index is -0.792. The molecule has 234 valence electrons. The quantitative estimate of drug-likeness (QED) is 0.228. The lowest BCUT2D eigenvalue weighted by Crippen LogP contribution is -2.53. The van der Waals surface area contributed by atoms with Gasteiger partial charge >= 0.3 is 0 Å². The number of amides is 3. The molecule has 0 radical (unpaired) electrons. The molecule has 2 atom stereocenters. The van der Waals surface area contributed by atoms with Crippen LogP contribution in [0, 0.1) is 0 Å². The molecule has 1 aliphatic heterocycles. The molecule has 11 heteroatoms. The number of nitrogens with zero attached hydrogens (tertiary/aromatic N) is 1. The number of nitrogens with one attached hydrogen (secondary N) is 3. The van der Waals surface area contributed by atoms with E-state index in [1.165, 1.54) is 33.1 Å². The predicted octanol–water partition coefficient (Wildman–Crippen LogP) is 4.85. The van der Waals surface area contributed by atoms with Crippen LogP contribution in [-0.4, -0.2) is 63.9 Å². The first kappa shape index (κ1) is 31.7. The third-order valence-corrected chi connectivity index (χ3v) is 8.99. The number of methoxy groups -OCH3 is 3. The molecular weight excluding hydrogens is 592 g/mol. The number of hydrogen-bond donors (Lipinski definition) is 3. The molecule has 0 saturated heterocycles. The minimum absolute atomic E-state index is 0.237. The van der Waals surface area contributed by atoms with Crippen molar-refractivity contribution < 1.29 is 28.6 Å². The summed E-state index contributed by atoms with van der Waals surface area (Å²) in [7, 11) is 6.16. The standard InChI is InChI=1S/C34H36N4O6S/c1-20(35-2)32(39)37-26-19-45-31-25(36-33(40)23-16-28(42-3)30(44-5)29(17-23)43-4)14-9-15-27(31)38(34(26)41)18-22-12-8-11-21-10-6-7-13-24(21)22/h6-17,20,26,35H,18-19H2,1-5H3,(H,36,40)(H,37,39). The molecule has 3 N–H and O–H groups in total. The summed E-state index contributed by atoms with van der Waals surface area (Å²) >= 11 is 1.40. The number of carbonyl (C=O) groups is 3. The van der Waals surface area contributed by atoms with E-state index >= 15 is 0 Å². The lowest BCUT2D eigenvalue weighted by molar-refractivity contribution is -0.128. The number of carbonyl (C=O) groups excluding carboxylic acids is 3. The molecule has 1 heterocycles. The maximum absolute atomic E-state index is 14.2. The molecule has 4 aromatic carbocycles. The summed E-state index contributed by atoms with van der Waals surface area (Å²) < 4.78 is 16.3. The van der Waals surface area contributed by atoms with E-state index in [-0.39, 0.29) is 24.1 Å². The zero-order valence-corrected chi connectivity index (χ0v) is 26.6. The van der Waals surface area contributed by atoms with Gasteiger partial charge in [0.05, 0.1) is 50.2 Å². The fourth-order valence-electron chi connectivity index (χ4n) is 5.23. The van der Waals surface area contributed by atoms with E-state index in [9.17, 15) is 14.4 Å². The second-order valence-electron chi connectivity index (χ2n) is 10.5. The molecule has 5 rings (SSSR count). The van der Waals surface area contributed by atoms with E-state index in [0.29, 0.717) is 39.1 Å². The van der Waals surface area contributed by atoms with E-state index < -0.39 is 18.0 Å². The summed E-state index contributed by atoms with van der Waals surface area (Å²) in [5.74, 6) is 0.449. The summed E-state index contributed by atoms with van der Waals surface area (Å²) in [6, 6.07) is 21.4. The minimum Gasteiger partial charge on any atom is -0.493 e. The molecule has 1 aliphatic rings. The summed E-state index contributed by atoms with van der Waals surface area (Å²) in [4.78, 5) is 43.1. The van der Waals surface area contributed by atoms with Crippen molar-refractivity contribution in [1.82, 2.24) is 10.6 Å². The third-order valence-electron chi connectivity index (χ3n) is 7.77. The summed E-state index contributed by atoms with van der Waals surface area (Å²) in [5, 5.41) is 11.0. The van der Waals surface area contributed by atoms with Crippen LogP contribution in [0.25, 0.3) is 10.8 Å². The first-order valence-corrected chi connectivity index (χ1v) is 15.4. The van der Waals surface area contributed by atoms with E-state index in [0.717, 1.165) is 16.3 Å². The molecule has 0 aromatic heterocycles. The smallest absolute Gasteiger partial charge is 0.255 e. The molecule has 10 nitrogen and oxygen atoms in total. The molecule has 4 aromatic rings. The van der Waals surface area contributed by atoms with E-state index in [1.807, 2.05) is 48.5 Å². The Morgan fingerprint density at radius 1 is 0.956 bits per heavy atom. The van der Waals surface area contributed by atoms with Crippen molar-refractivity contribution in [3.8, 4) is 17.2 Å². The van der Waals surface area contributed by atoms with Crippen molar-refractivity contribution >= 4 is 51.6 Å². The number of rotatable bonds is 10. The van der Waals surface area contributed by atoms with Crippen LogP contribution in [-0.2, 0) is 16.1 Å². The van der Waals surface area contributed by atoms with Gasteiger partial charge in [-0.3, -0.25) is 14.4 Å². The third kappa shape index (κ3) is 6.54. The van der Waals surface area contributed by atoms with Gasteiger partial charge in [-0.05, 0) is 54.6 Å². The van der Waals surface area contributed by atoms with Crippen molar-refractivity contribution in [3.05, 3.63) is 83.9 Å². The molecule has 0 saturated carbocycles. The highest BCUT2D eigenvalue weighted by atomic mass is 32.2. The van der Waals surface area contributed by atoms with Crippen LogP contribution in [0.3, 0.4) is 0 Å². The second-order valence-corrected chi connectivity index (χ2v) is 11.5. The number of ether oxygens (including phenoxy) is 3. The molecule has 0 aliphatic carbocycles. The van der Waals surface area contributed by atoms with Gasteiger partial charge in [0, 0.05) is 11.3 Å². The maximum atomic E-state index is 14.2. The average Bonchev–Trinajstić information content (AvgIpc) is 3.20. The number of hydrogen-bond acceptors (Lipinski definition) is 8. The van der Waals surface area contributed by atoms with Crippen LogP contribution in [0.15, 0.2) is 77.7 Å². The van der Waals surface area contributed by atoms with Gasteiger partial charge < -0.3 is 35.1 Å². The van der Waals surface area contributed by atoms with E-state index in [1.54, 1.807) is 43.1 Å². The largest absolute Gasteiger partial charge is 0.493 e. The highest BCUT2D eigenvalue weighted by Crippen LogP contribution is 2.42. The van der Waals surface area contributed by atoms with Crippen molar-refractivity contribution in [1.29, 1.82) is 0 Å².